The second kappa shape index (κ2) is 6.86. The van der Waals surface area contributed by atoms with Gasteiger partial charge in [-0.1, -0.05) is 6.92 Å². The van der Waals surface area contributed by atoms with Gasteiger partial charge in [0.2, 0.25) is 5.91 Å². The average Bonchev–Trinajstić information content (AvgIpc) is 2.93. The zero-order valence-corrected chi connectivity index (χ0v) is 12.4. The molecule has 0 bridgehead atoms. The lowest BCUT2D eigenvalue weighted by Gasteiger charge is -2.34. The van der Waals surface area contributed by atoms with Crippen LogP contribution in [0.5, 0.6) is 0 Å². The maximum atomic E-state index is 11.8. The zero-order chi connectivity index (χ0) is 13.7. The second-order valence-electron chi connectivity index (χ2n) is 4.95. The Hall–Kier alpha value is -1.14. The number of rotatable bonds is 5. The van der Waals surface area contributed by atoms with E-state index in [9.17, 15) is 4.79 Å². The smallest absolute Gasteiger partial charge is 0.234 e. The van der Waals surface area contributed by atoms with Gasteiger partial charge in [0.15, 0.2) is 5.13 Å². The summed E-state index contributed by atoms with van der Waals surface area (Å²) in [6.07, 6.45) is 2.82. The van der Waals surface area contributed by atoms with Crippen LogP contribution in [-0.2, 0) is 4.79 Å². The van der Waals surface area contributed by atoms with Crippen LogP contribution in [0.4, 0.5) is 5.13 Å². The van der Waals surface area contributed by atoms with E-state index in [4.69, 9.17) is 0 Å². The van der Waals surface area contributed by atoms with Crippen LogP contribution in [0.15, 0.2) is 11.6 Å². The molecule has 1 atom stereocenters. The van der Waals surface area contributed by atoms with Gasteiger partial charge in [0, 0.05) is 43.8 Å². The van der Waals surface area contributed by atoms with Crippen LogP contribution in [0.2, 0.25) is 0 Å². The van der Waals surface area contributed by atoms with Gasteiger partial charge in [0.05, 0.1) is 6.54 Å². The number of carbonyl (C=O) groups excluding carboxylic acids is 1. The van der Waals surface area contributed by atoms with Crippen LogP contribution in [0.3, 0.4) is 0 Å². The minimum Gasteiger partial charge on any atom is -0.353 e. The Morgan fingerprint density at radius 2 is 2.21 bits per heavy atom. The Labute approximate surface area is 118 Å². The van der Waals surface area contributed by atoms with Gasteiger partial charge in [-0.2, -0.15) is 0 Å². The molecule has 0 aliphatic carbocycles. The highest BCUT2D eigenvalue weighted by Crippen LogP contribution is 2.18. The number of amides is 1. The Kier molecular flexibility index (Phi) is 5.15. The first kappa shape index (κ1) is 14.3. The molecule has 1 aromatic heterocycles. The number of nitrogens with one attached hydrogen (secondary N) is 1. The van der Waals surface area contributed by atoms with E-state index in [0.29, 0.717) is 6.54 Å². The van der Waals surface area contributed by atoms with Gasteiger partial charge in [-0.15, -0.1) is 11.3 Å². The van der Waals surface area contributed by atoms with Crippen molar-refractivity contribution in [3.8, 4) is 0 Å². The number of piperazine rings is 1. The summed E-state index contributed by atoms with van der Waals surface area (Å²) in [5.74, 6) is 0.136. The molecule has 106 valence electrons. The van der Waals surface area contributed by atoms with Gasteiger partial charge >= 0.3 is 0 Å². The zero-order valence-electron chi connectivity index (χ0n) is 11.6. The van der Waals surface area contributed by atoms with Crippen molar-refractivity contribution in [2.75, 3.05) is 37.6 Å². The number of aromatic nitrogens is 1. The van der Waals surface area contributed by atoms with E-state index in [1.54, 1.807) is 11.3 Å². The van der Waals surface area contributed by atoms with Gasteiger partial charge in [0.25, 0.3) is 0 Å². The number of carbonyl (C=O) groups is 1. The molecule has 1 saturated heterocycles. The standard InChI is InChI=1S/C13H22N4OS/c1-3-11(2)15-12(18)10-16-5-7-17(8-6-16)13-14-4-9-19-13/h4,9,11H,3,5-8,10H2,1-2H3,(H,15,18)/t11-/m1/s1. The first-order chi connectivity index (χ1) is 9.19. The lowest BCUT2D eigenvalue weighted by Crippen LogP contribution is -2.50. The van der Waals surface area contributed by atoms with Crippen molar-refractivity contribution < 1.29 is 4.79 Å². The highest BCUT2D eigenvalue weighted by molar-refractivity contribution is 7.13. The summed E-state index contributed by atoms with van der Waals surface area (Å²) < 4.78 is 0. The fourth-order valence-corrected chi connectivity index (χ4v) is 2.79. The summed E-state index contributed by atoms with van der Waals surface area (Å²) in [5, 5.41) is 6.10. The van der Waals surface area contributed by atoms with Crippen LogP contribution in [-0.4, -0.2) is 54.6 Å². The minimum absolute atomic E-state index is 0.136. The number of hydrogen-bond acceptors (Lipinski definition) is 5. The molecule has 2 rings (SSSR count). The van der Waals surface area contributed by atoms with Gasteiger partial charge in [0.1, 0.15) is 0 Å². The molecule has 0 saturated carbocycles. The normalized spacial score (nSPS) is 18.3. The number of nitrogens with zero attached hydrogens (tertiary/aromatic N) is 3. The van der Waals surface area contributed by atoms with E-state index in [1.165, 1.54) is 0 Å². The molecule has 19 heavy (non-hydrogen) atoms. The van der Waals surface area contributed by atoms with Crippen molar-refractivity contribution in [3.63, 3.8) is 0 Å². The molecule has 1 aliphatic rings. The summed E-state index contributed by atoms with van der Waals surface area (Å²) in [6, 6.07) is 0.268. The highest BCUT2D eigenvalue weighted by Gasteiger charge is 2.20. The summed E-state index contributed by atoms with van der Waals surface area (Å²) in [4.78, 5) is 20.6. The first-order valence-corrected chi connectivity index (χ1v) is 7.73. The van der Waals surface area contributed by atoms with Crippen LogP contribution in [0.1, 0.15) is 20.3 Å². The molecular formula is C13H22N4OS. The predicted octanol–water partition coefficient (Wildman–Crippen LogP) is 1.18. The van der Waals surface area contributed by atoms with Crippen molar-refractivity contribution in [3.05, 3.63) is 11.6 Å². The third-order valence-electron chi connectivity index (χ3n) is 3.45. The number of hydrogen-bond donors (Lipinski definition) is 1. The third kappa shape index (κ3) is 4.18. The molecular weight excluding hydrogens is 260 g/mol. The Morgan fingerprint density at radius 3 is 2.79 bits per heavy atom. The SMILES string of the molecule is CC[C@@H](C)NC(=O)CN1CCN(c2nccs2)CC1. The lowest BCUT2D eigenvalue weighted by atomic mass is 10.2. The van der Waals surface area contributed by atoms with Crippen molar-refractivity contribution >= 4 is 22.4 Å². The van der Waals surface area contributed by atoms with Gasteiger partial charge < -0.3 is 10.2 Å². The van der Waals surface area contributed by atoms with Crippen molar-refractivity contribution in [1.82, 2.24) is 15.2 Å². The van der Waals surface area contributed by atoms with Crippen LogP contribution >= 0.6 is 11.3 Å². The average molecular weight is 282 g/mol. The van der Waals surface area contributed by atoms with E-state index in [0.717, 1.165) is 37.7 Å². The van der Waals surface area contributed by atoms with Crippen molar-refractivity contribution in [1.29, 1.82) is 0 Å². The van der Waals surface area contributed by atoms with Gasteiger partial charge in [-0.3, -0.25) is 9.69 Å². The number of thiazole rings is 1. The quantitative estimate of drug-likeness (QED) is 0.881. The molecule has 1 aliphatic heterocycles. The Balaban J connectivity index is 1.73. The van der Waals surface area contributed by atoms with Crippen LogP contribution in [0, 0.1) is 0 Å². The van der Waals surface area contributed by atoms with Crippen molar-refractivity contribution in [2.45, 2.75) is 26.3 Å². The maximum absolute atomic E-state index is 11.8. The largest absolute Gasteiger partial charge is 0.353 e. The lowest BCUT2D eigenvalue weighted by molar-refractivity contribution is -0.122. The fraction of sp³-hybridized carbons (Fsp3) is 0.692. The molecule has 1 fully saturated rings. The molecule has 1 aromatic rings. The summed E-state index contributed by atoms with van der Waals surface area (Å²) in [7, 11) is 0. The second-order valence-corrected chi connectivity index (χ2v) is 5.83. The van der Waals surface area contributed by atoms with E-state index >= 15 is 0 Å². The van der Waals surface area contributed by atoms with Crippen molar-refractivity contribution in [2.24, 2.45) is 0 Å². The van der Waals surface area contributed by atoms with Crippen LogP contribution < -0.4 is 10.2 Å². The van der Waals surface area contributed by atoms with E-state index in [1.807, 2.05) is 18.5 Å². The number of anilines is 1. The molecule has 0 unspecified atom stereocenters. The highest BCUT2D eigenvalue weighted by atomic mass is 32.1. The van der Waals surface area contributed by atoms with E-state index < -0.39 is 0 Å². The molecule has 0 radical (unpaired) electrons. The molecule has 6 heteroatoms. The third-order valence-corrected chi connectivity index (χ3v) is 4.28. The maximum Gasteiger partial charge on any atom is 0.234 e. The van der Waals surface area contributed by atoms with Gasteiger partial charge in [-0.25, -0.2) is 4.98 Å². The van der Waals surface area contributed by atoms with E-state index in [-0.39, 0.29) is 11.9 Å². The monoisotopic (exact) mass is 282 g/mol. The molecule has 1 N–H and O–H groups in total. The van der Waals surface area contributed by atoms with E-state index in [2.05, 4.69) is 27.0 Å². The van der Waals surface area contributed by atoms with Crippen LogP contribution in [0.25, 0.3) is 0 Å². The summed E-state index contributed by atoms with van der Waals surface area (Å²) >= 11 is 1.67. The molecule has 0 spiro atoms. The Bertz CT molecular complexity index is 387. The molecule has 5 nitrogen and oxygen atoms in total. The molecule has 1 amide bonds. The first-order valence-electron chi connectivity index (χ1n) is 6.85. The topological polar surface area (TPSA) is 48.5 Å². The predicted molar refractivity (Wildman–Crippen MR) is 78.7 cm³/mol. The summed E-state index contributed by atoms with van der Waals surface area (Å²) in [5.41, 5.74) is 0. The minimum atomic E-state index is 0.136. The molecule has 2 heterocycles. The Morgan fingerprint density at radius 1 is 1.47 bits per heavy atom. The molecule has 0 aromatic carbocycles. The fourth-order valence-electron chi connectivity index (χ4n) is 2.09. The van der Waals surface area contributed by atoms with Gasteiger partial charge in [-0.05, 0) is 13.3 Å². The summed E-state index contributed by atoms with van der Waals surface area (Å²) in [6.45, 7) is 8.38.